The molecule has 92 valence electrons. The van der Waals surface area contributed by atoms with Crippen LogP contribution in [0.2, 0.25) is 0 Å². The van der Waals surface area contributed by atoms with Crippen molar-refractivity contribution in [2.75, 3.05) is 30.3 Å². The third kappa shape index (κ3) is 2.52. The number of anilines is 2. The van der Waals surface area contributed by atoms with E-state index in [0.717, 1.165) is 18.8 Å². The predicted molar refractivity (Wildman–Crippen MR) is 68.3 cm³/mol. The van der Waals surface area contributed by atoms with Gasteiger partial charge in [0.15, 0.2) is 0 Å². The fourth-order valence-electron chi connectivity index (χ4n) is 2.14. The average Bonchev–Trinajstić information content (AvgIpc) is 2.82. The van der Waals surface area contributed by atoms with Crippen molar-refractivity contribution in [3.63, 3.8) is 0 Å². The van der Waals surface area contributed by atoms with E-state index in [-0.39, 0.29) is 5.97 Å². The summed E-state index contributed by atoms with van der Waals surface area (Å²) in [5, 5.41) is 0. The number of nitrogens with two attached hydrogens (primary N) is 1. The van der Waals surface area contributed by atoms with Crippen LogP contribution in [0.15, 0.2) is 18.2 Å². The van der Waals surface area contributed by atoms with Crippen molar-refractivity contribution >= 4 is 17.3 Å². The standard InChI is InChI=1S/C13H18N2O2/c1-2-17-13(16)10-5-6-12(11(14)9-10)15-7-3-4-8-15/h5-6,9H,2-4,7-8,14H2,1H3. The van der Waals surface area contributed by atoms with Gasteiger partial charge in [-0.05, 0) is 38.0 Å². The molecule has 2 N–H and O–H groups in total. The minimum absolute atomic E-state index is 0.313. The zero-order valence-corrected chi connectivity index (χ0v) is 10.1. The Morgan fingerprint density at radius 1 is 1.41 bits per heavy atom. The Balaban J connectivity index is 2.19. The van der Waals surface area contributed by atoms with E-state index in [1.807, 2.05) is 6.07 Å². The van der Waals surface area contributed by atoms with Crippen molar-refractivity contribution in [1.82, 2.24) is 0 Å². The van der Waals surface area contributed by atoms with Crippen LogP contribution in [0, 0.1) is 0 Å². The van der Waals surface area contributed by atoms with Gasteiger partial charge in [0.2, 0.25) is 0 Å². The monoisotopic (exact) mass is 234 g/mol. The van der Waals surface area contributed by atoms with Gasteiger partial charge in [-0.25, -0.2) is 4.79 Å². The molecular formula is C13H18N2O2. The number of esters is 1. The Hall–Kier alpha value is -1.71. The third-order valence-corrected chi connectivity index (χ3v) is 2.99. The molecule has 0 radical (unpaired) electrons. The van der Waals surface area contributed by atoms with Gasteiger partial charge in [-0.3, -0.25) is 0 Å². The SMILES string of the molecule is CCOC(=O)c1ccc(N2CCCC2)c(N)c1. The Bertz CT molecular complexity index is 412. The molecule has 1 heterocycles. The maximum Gasteiger partial charge on any atom is 0.338 e. The predicted octanol–water partition coefficient (Wildman–Crippen LogP) is 2.05. The zero-order valence-electron chi connectivity index (χ0n) is 10.1. The van der Waals surface area contributed by atoms with Crippen molar-refractivity contribution < 1.29 is 9.53 Å². The zero-order chi connectivity index (χ0) is 12.3. The van der Waals surface area contributed by atoms with Crippen LogP contribution in [0.25, 0.3) is 0 Å². The number of hydrogen-bond donors (Lipinski definition) is 1. The highest BCUT2D eigenvalue weighted by Gasteiger charge is 2.16. The number of nitrogens with zero attached hydrogens (tertiary/aromatic N) is 1. The minimum atomic E-state index is -0.313. The highest BCUT2D eigenvalue weighted by Crippen LogP contribution is 2.27. The number of nitrogen functional groups attached to an aromatic ring is 1. The second-order valence-corrected chi connectivity index (χ2v) is 4.19. The highest BCUT2D eigenvalue weighted by atomic mass is 16.5. The molecule has 1 aromatic carbocycles. The molecule has 0 spiro atoms. The minimum Gasteiger partial charge on any atom is -0.462 e. The summed E-state index contributed by atoms with van der Waals surface area (Å²) in [5.74, 6) is -0.313. The molecule has 1 fully saturated rings. The largest absolute Gasteiger partial charge is 0.462 e. The van der Waals surface area contributed by atoms with E-state index in [4.69, 9.17) is 10.5 Å². The van der Waals surface area contributed by atoms with Gasteiger partial charge in [0.25, 0.3) is 0 Å². The van der Waals surface area contributed by atoms with Gasteiger partial charge in [-0.1, -0.05) is 0 Å². The van der Waals surface area contributed by atoms with Gasteiger partial charge in [-0.15, -0.1) is 0 Å². The Morgan fingerprint density at radius 2 is 2.12 bits per heavy atom. The first-order valence-corrected chi connectivity index (χ1v) is 6.04. The highest BCUT2D eigenvalue weighted by molar-refractivity contribution is 5.92. The number of rotatable bonds is 3. The number of carbonyl (C=O) groups is 1. The van der Waals surface area contributed by atoms with Crippen LogP contribution in [-0.2, 0) is 4.74 Å². The van der Waals surface area contributed by atoms with Crippen molar-refractivity contribution in [2.45, 2.75) is 19.8 Å². The molecule has 4 nitrogen and oxygen atoms in total. The van der Waals surface area contributed by atoms with Crippen molar-refractivity contribution in [2.24, 2.45) is 0 Å². The molecule has 0 atom stereocenters. The quantitative estimate of drug-likeness (QED) is 0.642. The smallest absolute Gasteiger partial charge is 0.338 e. The molecule has 0 aromatic heterocycles. The molecule has 1 aliphatic rings. The normalized spacial score (nSPS) is 15.0. The number of hydrogen-bond acceptors (Lipinski definition) is 4. The lowest BCUT2D eigenvalue weighted by atomic mass is 10.1. The summed E-state index contributed by atoms with van der Waals surface area (Å²) >= 11 is 0. The second-order valence-electron chi connectivity index (χ2n) is 4.19. The molecule has 4 heteroatoms. The summed E-state index contributed by atoms with van der Waals surface area (Å²) < 4.78 is 4.94. The molecule has 1 aliphatic heterocycles. The molecule has 0 bridgehead atoms. The summed E-state index contributed by atoms with van der Waals surface area (Å²) in [6.45, 7) is 4.26. The average molecular weight is 234 g/mol. The molecule has 2 rings (SSSR count). The summed E-state index contributed by atoms with van der Waals surface area (Å²) in [5.41, 5.74) is 8.18. The van der Waals surface area contributed by atoms with E-state index in [2.05, 4.69) is 4.90 Å². The van der Waals surface area contributed by atoms with Gasteiger partial charge in [-0.2, -0.15) is 0 Å². The van der Waals surface area contributed by atoms with E-state index in [0.29, 0.717) is 17.9 Å². The summed E-state index contributed by atoms with van der Waals surface area (Å²) in [6, 6.07) is 5.39. The summed E-state index contributed by atoms with van der Waals surface area (Å²) in [6.07, 6.45) is 2.41. The lowest BCUT2D eigenvalue weighted by molar-refractivity contribution is 0.0526. The van der Waals surface area contributed by atoms with E-state index < -0.39 is 0 Å². The van der Waals surface area contributed by atoms with Gasteiger partial charge >= 0.3 is 5.97 Å². The van der Waals surface area contributed by atoms with Crippen LogP contribution >= 0.6 is 0 Å². The van der Waals surface area contributed by atoms with Crippen molar-refractivity contribution in [1.29, 1.82) is 0 Å². The first-order valence-electron chi connectivity index (χ1n) is 6.04. The maximum absolute atomic E-state index is 11.5. The van der Waals surface area contributed by atoms with Gasteiger partial charge in [0.1, 0.15) is 0 Å². The van der Waals surface area contributed by atoms with E-state index in [9.17, 15) is 4.79 Å². The molecule has 0 saturated carbocycles. The lowest BCUT2D eigenvalue weighted by Gasteiger charge is -2.20. The van der Waals surface area contributed by atoms with Crippen LogP contribution in [0.5, 0.6) is 0 Å². The van der Waals surface area contributed by atoms with Gasteiger partial charge in [0, 0.05) is 13.1 Å². The number of carbonyl (C=O) groups excluding carboxylic acids is 1. The van der Waals surface area contributed by atoms with E-state index in [1.165, 1.54) is 12.8 Å². The van der Waals surface area contributed by atoms with Crippen LogP contribution in [0.3, 0.4) is 0 Å². The fourth-order valence-corrected chi connectivity index (χ4v) is 2.14. The number of ether oxygens (including phenoxy) is 1. The first kappa shape index (κ1) is 11.8. The Kier molecular flexibility index (Phi) is 3.52. The van der Waals surface area contributed by atoms with Crippen molar-refractivity contribution in [3.05, 3.63) is 23.8 Å². The topological polar surface area (TPSA) is 55.6 Å². The second kappa shape index (κ2) is 5.08. The summed E-state index contributed by atoms with van der Waals surface area (Å²) in [4.78, 5) is 13.8. The maximum atomic E-state index is 11.5. The molecule has 1 saturated heterocycles. The molecule has 17 heavy (non-hydrogen) atoms. The lowest BCUT2D eigenvalue weighted by Crippen LogP contribution is -2.19. The first-order chi connectivity index (χ1) is 8.22. The summed E-state index contributed by atoms with van der Waals surface area (Å²) in [7, 11) is 0. The molecule has 1 aromatic rings. The fraction of sp³-hybridized carbons (Fsp3) is 0.462. The van der Waals surface area contributed by atoms with E-state index in [1.54, 1.807) is 19.1 Å². The van der Waals surface area contributed by atoms with E-state index >= 15 is 0 Å². The molecular weight excluding hydrogens is 216 g/mol. The molecule has 0 aliphatic carbocycles. The van der Waals surface area contributed by atoms with Gasteiger partial charge in [0.05, 0.1) is 23.5 Å². The van der Waals surface area contributed by atoms with Crippen molar-refractivity contribution in [3.8, 4) is 0 Å². The Morgan fingerprint density at radius 3 is 2.71 bits per heavy atom. The van der Waals surface area contributed by atoms with Crippen LogP contribution in [0.1, 0.15) is 30.1 Å². The van der Waals surface area contributed by atoms with Crippen LogP contribution < -0.4 is 10.6 Å². The third-order valence-electron chi connectivity index (χ3n) is 2.99. The number of benzene rings is 1. The Labute approximate surface area is 101 Å². The molecule has 0 unspecified atom stereocenters. The van der Waals surface area contributed by atoms with Crippen LogP contribution in [0.4, 0.5) is 11.4 Å². The van der Waals surface area contributed by atoms with Crippen LogP contribution in [-0.4, -0.2) is 25.7 Å². The molecule has 0 amide bonds. The van der Waals surface area contributed by atoms with Gasteiger partial charge < -0.3 is 15.4 Å².